The molecule has 0 aromatic carbocycles. The minimum atomic E-state index is -0.764. The van der Waals surface area contributed by atoms with Crippen LogP contribution in [0.5, 0.6) is 0 Å². The van der Waals surface area contributed by atoms with Gasteiger partial charge in [0.2, 0.25) is 0 Å². The zero-order valence-electron chi connectivity index (χ0n) is 47.6. The van der Waals surface area contributed by atoms with E-state index in [0.717, 1.165) is 75.5 Å². The lowest BCUT2D eigenvalue weighted by Crippen LogP contribution is -2.30. The highest BCUT2D eigenvalue weighted by molar-refractivity contribution is 5.71. The predicted octanol–water partition coefficient (Wildman–Crippen LogP) is 20.7. The van der Waals surface area contributed by atoms with E-state index in [4.69, 9.17) is 14.2 Å². The lowest BCUT2D eigenvalue weighted by Gasteiger charge is -2.18. The Kier molecular flexibility index (Phi) is 52.9. The van der Waals surface area contributed by atoms with Crippen molar-refractivity contribution in [1.82, 2.24) is 0 Å². The van der Waals surface area contributed by atoms with Gasteiger partial charge in [-0.2, -0.15) is 0 Å². The Hall–Kier alpha value is -1.59. The first-order valence-corrected chi connectivity index (χ1v) is 31.1. The van der Waals surface area contributed by atoms with Crippen LogP contribution < -0.4 is 0 Å². The monoisotopic (exact) mass is 975 g/mol. The fraction of sp³-hybridized carbons (Fsp3) is 0.952. The van der Waals surface area contributed by atoms with Gasteiger partial charge in [-0.15, -0.1) is 0 Å². The van der Waals surface area contributed by atoms with Gasteiger partial charge in [0.05, 0.1) is 0 Å². The van der Waals surface area contributed by atoms with Gasteiger partial charge in [-0.1, -0.05) is 311 Å². The number of hydrogen-bond acceptors (Lipinski definition) is 6. The Balaban J connectivity index is 4.28. The van der Waals surface area contributed by atoms with Gasteiger partial charge in [0.25, 0.3) is 0 Å². The smallest absolute Gasteiger partial charge is 0.306 e. The maximum Gasteiger partial charge on any atom is 0.306 e. The minimum absolute atomic E-state index is 0.0630. The second-order valence-electron chi connectivity index (χ2n) is 22.9. The number of carbonyl (C=O) groups is 3. The molecule has 6 heteroatoms. The summed E-state index contributed by atoms with van der Waals surface area (Å²) < 4.78 is 16.9. The summed E-state index contributed by atoms with van der Waals surface area (Å²) >= 11 is 0. The van der Waals surface area contributed by atoms with Gasteiger partial charge in [-0.25, -0.2) is 0 Å². The van der Waals surface area contributed by atoms with Gasteiger partial charge in [0, 0.05) is 19.3 Å². The predicted molar refractivity (Wildman–Crippen MR) is 298 cm³/mol. The molecular weight excluding hydrogens is 853 g/mol. The van der Waals surface area contributed by atoms with Crippen LogP contribution in [0.15, 0.2) is 0 Å². The molecule has 0 saturated heterocycles. The number of unbranched alkanes of at least 4 members (excludes halogenated alkanes) is 38. The molecule has 0 bridgehead atoms. The van der Waals surface area contributed by atoms with Crippen molar-refractivity contribution in [3.8, 4) is 0 Å². The summed E-state index contributed by atoms with van der Waals surface area (Å²) in [6.45, 7) is 13.8. The molecule has 0 fully saturated rings. The second kappa shape index (κ2) is 54.2. The zero-order valence-corrected chi connectivity index (χ0v) is 47.6. The molecule has 0 aliphatic rings. The molecule has 0 radical (unpaired) electrons. The van der Waals surface area contributed by atoms with Crippen molar-refractivity contribution in [2.75, 3.05) is 13.2 Å². The van der Waals surface area contributed by atoms with Crippen LogP contribution in [0.3, 0.4) is 0 Å². The fourth-order valence-corrected chi connectivity index (χ4v) is 9.67. The van der Waals surface area contributed by atoms with Crippen LogP contribution in [0, 0.1) is 17.8 Å². The van der Waals surface area contributed by atoms with Gasteiger partial charge < -0.3 is 14.2 Å². The van der Waals surface area contributed by atoms with Gasteiger partial charge in [-0.3, -0.25) is 14.4 Å². The number of rotatable bonds is 56. The first-order valence-electron chi connectivity index (χ1n) is 31.1. The molecule has 69 heavy (non-hydrogen) atoms. The van der Waals surface area contributed by atoms with E-state index in [0.29, 0.717) is 19.3 Å². The Bertz CT molecular complexity index is 1070. The van der Waals surface area contributed by atoms with Crippen LogP contribution in [-0.2, 0) is 28.6 Å². The third kappa shape index (κ3) is 55.6. The van der Waals surface area contributed by atoms with Crippen LogP contribution in [0.2, 0.25) is 0 Å². The summed E-state index contributed by atoms with van der Waals surface area (Å²) in [6, 6.07) is 0. The highest BCUT2D eigenvalue weighted by Gasteiger charge is 2.19. The molecule has 0 N–H and O–H groups in total. The van der Waals surface area contributed by atoms with Crippen molar-refractivity contribution in [3.05, 3.63) is 0 Å². The SMILES string of the molecule is CCC(C)CCCCCCCCCCCCC(=O)O[C@H](COC(=O)CCCCCCCCCCCCCCCCCCC(C)C)COC(=O)CCCCCCCCCCCCCCCCCC(C)C. The molecule has 0 saturated carbocycles. The number of hydrogen-bond donors (Lipinski definition) is 0. The van der Waals surface area contributed by atoms with Crippen LogP contribution in [0.1, 0.15) is 350 Å². The highest BCUT2D eigenvalue weighted by atomic mass is 16.6. The quantitative estimate of drug-likeness (QED) is 0.0343. The van der Waals surface area contributed by atoms with Gasteiger partial charge in [0.1, 0.15) is 13.2 Å². The van der Waals surface area contributed by atoms with E-state index < -0.39 is 6.10 Å². The number of carbonyl (C=O) groups excluding carboxylic acids is 3. The van der Waals surface area contributed by atoms with Gasteiger partial charge in [0.15, 0.2) is 6.10 Å². The van der Waals surface area contributed by atoms with E-state index >= 15 is 0 Å². The first-order chi connectivity index (χ1) is 33.6. The highest BCUT2D eigenvalue weighted by Crippen LogP contribution is 2.19. The third-order valence-electron chi connectivity index (χ3n) is 14.8. The summed E-state index contributed by atoms with van der Waals surface area (Å²) in [6.07, 6.45) is 58.1. The summed E-state index contributed by atoms with van der Waals surface area (Å²) in [4.78, 5) is 38.3. The van der Waals surface area contributed by atoms with Crippen LogP contribution >= 0.6 is 0 Å². The summed E-state index contributed by atoms with van der Waals surface area (Å²) in [5.41, 5.74) is 0. The maximum atomic E-state index is 12.9. The van der Waals surface area contributed by atoms with Crippen molar-refractivity contribution in [2.24, 2.45) is 17.8 Å². The molecule has 0 heterocycles. The molecule has 0 aromatic rings. The Morgan fingerprint density at radius 2 is 0.507 bits per heavy atom. The van der Waals surface area contributed by atoms with E-state index in [1.54, 1.807) is 0 Å². The molecule has 0 aliphatic heterocycles. The summed E-state index contributed by atoms with van der Waals surface area (Å²) in [7, 11) is 0. The molecule has 0 spiro atoms. The average Bonchev–Trinajstić information content (AvgIpc) is 3.32. The van der Waals surface area contributed by atoms with E-state index in [1.165, 1.54) is 231 Å². The van der Waals surface area contributed by atoms with E-state index in [9.17, 15) is 14.4 Å². The molecular formula is C63H122O6. The summed E-state index contributed by atoms with van der Waals surface area (Å²) in [5, 5.41) is 0. The van der Waals surface area contributed by atoms with Crippen molar-refractivity contribution in [2.45, 2.75) is 356 Å². The molecule has 0 aromatic heterocycles. The Morgan fingerprint density at radius 3 is 0.754 bits per heavy atom. The van der Waals surface area contributed by atoms with Gasteiger partial charge in [-0.05, 0) is 37.0 Å². The van der Waals surface area contributed by atoms with Crippen molar-refractivity contribution >= 4 is 17.9 Å². The Morgan fingerprint density at radius 1 is 0.290 bits per heavy atom. The van der Waals surface area contributed by atoms with E-state index in [-0.39, 0.29) is 31.1 Å². The van der Waals surface area contributed by atoms with Gasteiger partial charge >= 0.3 is 17.9 Å². The van der Waals surface area contributed by atoms with Crippen LogP contribution in [0.25, 0.3) is 0 Å². The molecule has 0 aliphatic carbocycles. The minimum Gasteiger partial charge on any atom is -0.462 e. The van der Waals surface area contributed by atoms with Crippen LogP contribution in [-0.4, -0.2) is 37.2 Å². The molecule has 0 rings (SSSR count). The number of ether oxygens (including phenoxy) is 3. The molecule has 1 unspecified atom stereocenters. The second-order valence-corrected chi connectivity index (χ2v) is 22.9. The maximum absolute atomic E-state index is 12.9. The largest absolute Gasteiger partial charge is 0.462 e. The zero-order chi connectivity index (χ0) is 50.5. The first kappa shape index (κ1) is 67.4. The molecule has 2 atom stereocenters. The molecule has 0 amide bonds. The molecule has 6 nitrogen and oxygen atoms in total. The Labute approximate surface area is 431 Å². The van der Waals surface area contributed by atoms with Crippen molar-refractivity contribution < 1.29 is 28.6 Å². The fourth-order valence-electron chi connectivity index (χ4n) is 9.67. The standard InChI is InChI=1S/C63H122O6/c1-7-59(6)51-45-39-33-27-23-24-30-36-42-48-54-63(66)69-60(56-68-62(65)53-47-41-35-29-22-18-14-10-12-16-20-26-32-38-44-50-58(4)5)55-67-61(64)52-46-40-34-28-21-17-13-9-8-11-15-19-25-31-37-43-49-57(2)3/h57-60H,7-56H2,1-6H3/t59?,60-/m1/s1. The summed E-state index contributed by atoms with van der Waals surface area (Å²) in [5.74, 6) is 1.73. The molecule has 410 valence electrons. The van der Waals surface area contributed by atoms with E-state index in [1.807, 2.05) is 0 Å². The third-order valence-corrected chi connectivity index (χ3v) is 14.8. The normalized spacial score (nSPS) is 12.5. The lowest BCUT2D eigenvalue weighted by atomic mass is 9.99. The lowest BCUT2D eigenvalue weighted by molar-refractivity contribution is -0.167. The van der Waals surface area contributed by atoms with Crippen molar-refractivity contribution in [1.29, 1.82) is 0 Å². The topological polar surface area (TPSA) is 78.9 Å². The van der Waals surface area contributed by atoms with Crippen LogP contribution in [0.4, 0.5) is 0 Å². The van der Waals surface area contributed by atoms with E-state index in [2.05, 4.69) is 41.5 Å². The average molecular weight is 976 g/mol. The van der Waals surface area contributed by atoms with Crippen molar-refractivity contribution in [3.63, 3.8) is 0 Å². The number of esters is 3.